The average Bonchev–Trinajstić information content (AvgIpc) is 3.60. The maximum absolute atomic E-state index is 13.3. The van der Waals surface area contributed by atoms with E-state index < -0.39 is 5.91 Å². The number of nitrogens with zero attached hydrogens (tertiary/aromatic N) is 8. The van der Waals surface area contributed by atoms with Crippen LogP contribution in [0.25, 0.3) is 16.9 Å². The highest BCUT2D eigenvalue weighted by Crippen LogP contribution is 2.25. The van der Waals surface area contributed by atoms with Crippen LogP contribution in [0.4, 0.5) is 5.69 Å². The zero-order chi connectivity index (χ0) is 24.5. The van der Waals surface area contributed by atoms with Gasteiger partial charge in [-0.15, -0.1) is 0 Å². The van der Waals surface area contributed by atoms with Crippen molar-refractivity contribution in [1.29, 1.82) is 0 Å². The molecule has 0 aliphatic carbocycles. The maximum atomic E-state index is 13.3. The molecule has 0 unspecified atom stereocenters. The number of amides is 2. The number of aryl methyl sites for hydroxylation is 3. The van der Waals surface area contributed by atoms with Crippen LogP contribution < -0.4 is 5.32 Å². The van der Waals surface area contributed by atoms with E-state index in [-0.39, 0.29) is 5.91 Å². The van der Waals surface area contributed by atoms with Crippen molar-refractivity contribution in [3.63, 3.8) is 0 Å². The van der Waals surface area contributed by atoms with Crippen LogP contribution in [0.2, 0.25) is 0 Å². The summed E-state index contributed by atoms with van der Waals surface area (Å²) in [5, 5.41) is 16.1. The summed E-state index contributed by atoms with van der Waals surface area (Å²) in [4.78, 5) is 32.6. The van der Waals surface area contributed by atoms with Gasteiger partial charge in [-0.05, 0) is 26.8 Å². The average molecular weight is 478 g/mol. The molecule has 0 atom stereocenters. The van der Waals surface area contributed by atoms with Crippen LogP contribution in [0, 0.1) is 6.92 Å². The first kappa shape index (κ1) is 22.7. The van der Waals surface area contributed by atoms with Gasteiger partial charge in [-0.2, -0.15) is 15.3 Å². The summed E-state index contributed by atoms with van der Waals surface area (Å²) in [6.45, 7) is 9.06. The SMILES string of the molecule is CCn1cc(-c2ccnc3c(C(=O)Nc4cnn(CC)c4C(=O)N4CCOCC4)cnn23)c(C)n1. The van der Waals surface area contributed by atoms with E-state index in [0.717, 1.165) is 23.5 Å². The Labute approximate surface area is 201 Å². The molecule has 5 rings (SSSR count). The van der Waals surface area contributed by atoms with E-state index in [1.165, 1.54) is 12.4 Å². The molecular weight excluding hydrogens is 450 g/mol. The highest BCUT2D eigenvalue weighted by molar-refractivity contribution is 6.11. The number of nitrogens with one attached hydrogen (secondary N) is 1. The fourth-order valence-corrected chi connectivity index (χ4v) is 4.23. The van der Waals surface area contributed by atoms with Gasteiger partial charge in [0.05, 0.1) is 42.7 Å². The van der Waals surface area contributed by atoms with Gasteiger partial charge in [0.2, 0.25) is 0 Å². The molecule has 4 aromatic rings. The molecule has 1 fully saturated rings. The number of fused-ring (bicyclic) bond motifs is 1. The first-order valence-electron chi connectivity index (χ1n) is 11.6. The van der Waals surface area contributed by atoms with Crippen LogP contribution in [0.3, 0.4) is 0 Å². The van der Waals surface area contributed by atoms with E-state index in [2.05, 4.69) is 25.6 Å². The van der Waals surface area contributed by atoms with Crippen molar-refractivity contribution in [2.45, 2.75) is 33.9 Å². The third kappa shape index (κ3) is 4.05. The molecule has 1 aliphatic rings. The number of morpholine rings is 1. The lowest BCUT2D eigenvalue weighted by Crippen LogP contribution is -2.41. The predicted molar refractivity (Wildman–Crippen MR) is 127 cm³/mol. The minimum atomic E-state index is -0.419. The number of anilines is 1. The van der Waals surface area contributed by atoms with Crippen molar-refractivity contribution in [2.75, 3.05) is 31.6 Å². The lowest BCUT2D eigenvalue weighted by Gasteiger charge is -2.27. The smallest absolute Gasteiger partial charge is 0.274 e. The predicted octanol–water partition coefficient (Wildman–Crippen LogP) is 1.86. The standard InChI is InChI=1S/C23H27N9O3/c1-4-30-14-17(15(3)28-30)19-6-7-24-21-16(12-26-32(19)21)22(33)27-18-13-25-31(5-2)20(18)23(34)29-8-10-35-11-9-29/h6-7,12-14H,4-5,8-11H2,1-3H3,(H,27,33). The number of ether oxygens (including phenoxy) is 1. The molecule has 35 heavy (non-hydrogen) atoms. The third-order valence-corrected chi connectivity index (χ3v) is 6.08. The zero-order valence-corrected chi connectivity index (χ0v) is 19.9. The number of carbonyl (C=O) groups is 2. The highest BCUT2D eigenvalue weighted by atomic mass is 16.5. The van der Waals surface area contributed by atoms with Crippen LogP contribution >= 0.6 is 0 Å². The summed E-state index contributed by atoms with van der Waals surface area (Å²) >= 11 is 0. The van der Waals surface area contributed by atoms with Crippen LogP contribution in [0.15, 0.2) is 30.9 Å². The Morgan fingerprint density at radius 1 is 1.11 bits per heavy atom. The van der Waals surface area contributed by atoms with Crippen LogP contribution in [-0.2, 0) is 17.8 Å². The fourth-order valence-electron chi connectivity index (χ4n) is 4.23. The van der Waals surface area contributed by atoms with Gasteiger partial charge in [0.25, 0.3) is 11.8 Å². The molecule has 1 aliphatic heterocycles. The van der Waals surface area contributed by atoms with Gasteiger partial charge < -0.3 is 15.0 Å². The van der Waals surface area contributed by atoms with Crippen molar-refractivity contribution < 1.29 is 14.3 Å². The van der Waals surface area contributed by atoms with E-state index in [9.17, 15) is 9.59 Å². The third-order valence-electron chi connectivity index (χ3n) is 6.08. The molecule has 2 amide bonds. The van der Waals surface area contributed by atoms with Gasteiger partial charge in [-0.1, -0.05) is 0 Å². The summed E-state index contributed by atoms with van der Waals surface area (Å²) in [5.74, 6) is -0.607. The lowest BCUT2D eigenvalue weighted by atomic mass is 10.2. The maximum Gasteiger partial charge on any atom is 0.274 e. The Morgan fingerprint density at radius 2 is 1.91 bits per heavy atom. The number of hydrogen-bond donors (Lipinski definition) is 1. The van der Waals surface area contributed by atoms with E-state index in [0.29, 0.717) is 55.4 Å². The molecule has 182 valence electrons. The molecule has 1 saturated heterocycles. The Hall–Kier alpha value is -4.06. The van der Waals surface area contributed by atoms with Crippen molar-refractivity contribution in [3.05, 3.63) is 47.8 Å². The molecule has 0 aromatic carbocycles. The summed E-state index contributed by atoms with van der Waals surface area (Å²) in [6.07, 6.45) is 6.58. The minimum Gasteiger partial charge on any atom is -0.378 e. The van der Waals surface area contributed by atoms with E-state index in [1.54, 1.807) is 20.3 Å². The first-order chi connectivity index (χ1) is 17.0. The van der Waals surface area contributed by atoms with Gasteiger partial charge in [-0.25, -0.2) is 9.50 Å². The van der Waals surface area contributed by atoms with Crippen molar-refractivity contribution >= 4 is 23.1 Å². The number of carbonyl (C=O) groups excluding carboxylic acids is 2. The normalized spacial score (nSPS) is 14.0. The second-order valence-electron chi connectivity index (χ2n) is 8.19. The minimum absolute atomic E-state index is 0.188. The van der Waals surface area contributed by atoms with Crippen LogP contribution in [-0.4, -0.2) is 77.2 Å². The molecule has 0 radical (unpaired) electrons. The number of aromatic nitrogens is 7. The van der Waals surface area contributed by atoms with Gasteiger partial charge in [0, 0.05) is 44.1 Å². The Kier molecular flexibility index (Phi) is 6.03. The van der Waals surface area contributed by atoms with Gasteiger partial charge >= 0.3 is 0 Å². The van der Waals surface area contributed by atoms with Crippen molar-refractivity contribution in [1.82, 2.24) is 39.1 Å². The second kappa shape index (κ2) is 9.29. The Balaban J connectivity index is 1.47. The fraction of sp³-hybridized carbons (Fsp3) is 0.391. The topological polar surface area (TPSA) is 124 Å². The summed E-state index contributed by atoms with van der Waals surface area (Å²) < 4.78 is 10.4. The molecule has 0 spiro atoms. The highest BCUT2D eigenvalue weighted by Gasteiger charge is 2.27. The second-order valence-corrected chi connectivity index (χ2v) is 8.19. The van der Waals surface area contributed by atoms with E-state index >= 15 is 0 Å². The monoisotopic (exact) mass is 477 g/mol. The van der Waals surface area contributed by atoms with Crippen molar-refractivity contribution in [2.24, 2.45) is 0 Å². The van der Waals surface area contributed by atoms with Crippen LogP contribution in [0.1, 0.15) is 40.4 Å². The van der Waals surface area contributed by atoms with E-state index in [4.69, 9.17) is 4.74 Å². The van der Waals surface area contributed by atoms with E-state index in [1.807, 2.05) is 37.7 Å². The molecule has 12 heteroatoms. The van der Waals surface area contributed by atoms with Crippen molar-refractivity contribution in [3.8, 4) is 11.3 Å². The molecule has 0 bridgehead atoms. The molecule has 5 heterocycles. The van der Waals surface area contributed by atoms with Gasteiger partial charge in [0.15, 0.2) is 5.65 Å². The first-order valence-corrected chi connectivity index (χ1v) is 11.6. The van der Waals surface area contributed by atoms with Gasteiger partial charge in [0.1, 0.15) is 11.3 Å². The molecule has 1 N–H and O–H groups in total. The molecule has 12 nitrogen and oxygen atoms in total. The van der Waals surface area contributed by atoms with Gasteiger partial charge in [-0.3, -0.25) is 19.0 Å². The zero-order valence-electron chi connectivity index (χ0n) is 19.9. The molecule has 4 aromatic heterocycles. The number of hydrogen-bond acceptors (Lipinski definition) is 7. The summed E-state index contributed by atoms with van der Waals surface area (Å²) in [5.41, 5.74) is 3.96. The molecule has 0 saturated carbocycles. The quantitative estimate of drug-likeness (QED) is 0.449. The Bertz CT molecular complexity index is 1390. The summed E-state index contributed by atoms with van der Waals surface area (Å²) in [7, 11) is 0. The number of rotatable bonds is 6. The van der Waals surface area contributed by atoms with Crippen LogP contribution in [0.5, 0.6) is 0 Å². The Morgan fingerprint density at radius 3 is 2.63 bits per heavy atom. The largest absolute Gasteiger partial charge is 0.378 e. The lowest BCUT2D eigenvalue weighted by molar-refractivity contribution is 0.0295. The molecular formula is C23H27N9O3. The summed E-state index contributed by atoms with van der Waals surface area (Å²) in [6, 6.07) is 1.84.